The normalized spacial score (nSPS) is 10.5. The fraction of sp³-hybridized carbons (Fsp3) is 0.111. The molecule has 0 aliphatic heterocycles. The summed E-state index contributed by atoms with van der Waals surface area (Å²) >= 11 is 1.14. The fourth-order valence-electron chi connectivity index (χ4n) is 1.28. The van der Waals surface area contributed by atoms with Gasteiger partial charge in [-0.15, -0.1) is 0 Å². The maximum Gasteiger partial charge on any atom is 0.356 e. The minimum absolute atomic E-state index is 0.0259. The second kappa shape index (κ2) is 3.39. The van der Waals surface area contributed by atoms with Crippen LogP contribution in [0, 0.1) is 6.92 Å². The first-order chi connectivity index (χ1) is 7.09. The number of hydrogen-bond acceptors (Lipinski definition) is 5. The quantitative estimate of drug-likeness (QED) is 0.814. The Morgan fingerprint density at radius 1 is 1.67 bits per heavy atom. The van der Waals surface area contributed by atoms with Crippen LogP contribution < -0.4 is 5.73 Å². The first-order valence-electron chi connectivity index (χ1n) is 4.13. The molecule has 0 fully saturated rings. The van der Waals surface area contributed by atoms with Crippen LogP contribution in [0.4, 0.5) is 5.13 Å². The van der Waals surface area contributed by atoms with Gasteiger partial charge in [-0.3, -0.25) is 0 Å². The van der Waals surface area contributed by atoms with Gasteiger partial charge in [0, 0.05) is 5.56 Å². The van der Waals surface area contributed by atoms with Crippen LogP contribution in [-0.2, 0) is 0 Å². The van der Waals surface area contributed by atoms with Gasteiger partial charge in [0.25, 0.3) is 0 Å². The van der Waals surface area contributed by atoms with E-state index in [0.717, 1.165) is 16.9 Å². The summed E-state index contributed by atoms with van der Waals surface area (Å²) in [5.74, 6) is -0.431. The summed E-state index contributed by atoms with van der Waals surface area (Å²) in [6.07, 6.45) is 1.51. The Balaban J connectivity index is 2.62. The predicted molar refractivity (Wildman–Crippen MR) is 55.9 cm³/mol. The molecule has 0 saturated carbocycles. The van der Waals surface area contributed by atoms with Gasteiger partial charge in [-0.05, 0) is 13.0 Å². The largest absolute Gasteiger partial charge is 0.476 e. The standard InChI is InChI=1S/C9H8N2O3S/c1-4-5(2-3-14-4)7-6(8(12)13)11-9(10)15-7/h2-3H,1H3,(H2,10,11)(H,12,13). The lowest BCUT2D eigenvalue weighted by Gasteiger charge is -1.95. The van der Waals surface area contributed by atoms with E-state index in [0.29, 0.717) is 10.6 Å². The fourth-order valence-corrected chi connectivity index (χ4v) is 2.18. The van der Waals surface area contributed by atoms with Crippen LogP contribution in [0.2, 0.25) is 0 Å². The number of thiazole rings is 1. The van der Waals surface area contributed by atoms with Gasteiger partial charge in [-0.1, -0.05) is 11.3 Å². The monoisotopic (exact) mass is 224 g/mol. The van der Waals surface area contributed by atoms with E-state index in [1.54, 1.807) is 13.0 Å². The minimum Gasteiger partial charge on any atom is -0.476 e. The zero-order valence-electron chi connectivity index (χ0n) is 7.85. The minimum atomic E-state index is -1.08. The van der Waals surface area contributed by atoms with Crippen molar-refractivity contribution < 1.29 is 14.3 Å². The van der Waals surface area contributed by atoms with E-state index in [-0.39, 0.29) is 10.8 Å². The summed E-state index contributed by atoms with van der Waals surface area (Å²) in [6, 6.07) is 1.70. The van der Waals surface area contributed by atoms with E-state index in [1.165, 1.54) is 6.26 Å². The number of aromatic nitrogens is 1. The molecule has 0 spiro atoms. The number of aromatic carboxylic acids is 1. The topological polar surface area (TPSA) is 89.4 Å². The van der Waals surface area contributed by atoms with E-state index < -0.39 is 5.97 Å². The van der Waals surface area contributed by atoms with Crippen LogP contribution in [-0.4, -0.2) is 16.1 Å². The van der Waals surface area contributed by atoms with Crippen LogP contribution in [0.3, 0.4) is 0 Å². The average molecular weight is 224 g/mol. The summed E-state index contributed by atoms with van der Waals surface area (Å²) < 4.78 is 5.11. The number of aryl methyl sites for hydroxylation is 1. The lowest BCUT2D eigenvalue weighted by atomic mass is 10.2. The van der Waals surface area contributed by atoms with Crippen LogP contribution in [0.15, 0.2) is 16.7 Å². The highest BCUT2D eigenvalue weighted by molar-refractivity contribution is 7.19. The van der Waals surface area contributed by atoms with Crippen LogP contribution in [0.1, 0.15) is 16.2 Å². The Hall–Kier alpha value is -1.82. The van der Waals surface area contributed by atoms with Gasteiger partial charge in [0.1, 0.15) is 5.76 Å². The van der Waals surface area contributed by atoms with Crippen molar-refractivity contribution >= 4 is 22.4 Å². The van der Waals surface area contributed by atoms with Crippen molar-refractivity contribution in [3.05, 3.63) is 23.8 Å². The van der Waals surface area contributed by atoms with Crippen molar-refractivity contribution in [2.45, 2.75) is 6.92 Å². The number of furan rings is 1. The predicted octanol–water partition coefficient (Wildman–Crippen LogP) is 1.99. The highest BCUT2D eigenvalue weighted by Gasteiger charge is 2.20. The van der Waals surface area contributed by atoms with E-state index >= 15 is 0 Å². The molecule has 2 heterocycles. The molecule has 0 aliphatic carbocycles. The van der Waals surface area contributed by atoms with Gasteiger partial charge in [-0.25, -0.2) is 9.78 Å². The molecule has 15 heavy (non-hydrogen) atoms. The third-order valence-electron chi connectivity index (χ3n) is 1.95. The highest BCUT2D eigenvalue weighted by atomic mass is 32.1. The zero-order valence-corrected chi connectivity index (χ0v) is 8.67. The molecule has 0 atom stereocenters. The van der Waals surface area contributed by atoms with E-state index in [2.05, 4.69) is 4.98 Å². The average Bonchev–Trinajstić information content (AvgIpc) is 2.71. The molecule has 5 nitrogen and oxygen atoms in total. The first kappa shape index (κ1) is 9.72. The van der Waals surface area contributed by atoms with Crippen LogP contribution >= 0.6 is 11.3 Å². The van der Waals surface area contributed by atoms with E-state index in [4.69, 9.17) is 15.3 Å². The number of nitrogens with zero attached hydrogens (tertiary/aromatic N) is 1. The highest BCUT2D eigenvalue weighted by Crippen LogP contribution is 2.34. The number of carboxylic acids is 1. The van der Waals surface area contributed by atoms with Gasteiger partial charge in [0.2, 0.25) is 0 Å². The maximum atomic E-state index is 10.9. The molecule has 0 aromatic carbocycles. The summed E-state index contributed by atoms with van der Waals surface area (Å²) in [7, 11) is 0. The van der Waals surface area contributed by atoms with Crippen molar-refractivity contribution in [3.63, 3.8) is 0 Å². The number of nitrogens with two attached hydrogens (primary N) is 1. The van der Waals surface area contributed by atoms with Gasteiger partial charge >= 0.3 is 5.97 Å². The molecular formula is C9H8N2O3S. The number of hydrogen-bond donors (Lipinski definition) is 2. The third-order valence-corrected chi connectivity index (χ3v) is 2.87. The molecule has 0 amide bonds. The van der Waals surface area contributed by atoms with Crippen molar-refractivity contribution in [2.24, 2.45) is 0 Å². The molecule has 78 valence electrons. The Morgan fingerprint density at radius 3 is 2.93 bits per heavy atom. The summed E-state index contributed by atoms with van der Waals surface area (Å²) in [5, 5.41) is 9.17. The second-order valence-corrected chi connectivity index (χ2v) is 3.96. The third kappa shape index (κ3) is 1.59. The molecule has 0 unspecified atom stereocenters. The molecule has 2 rings (SSSR count). The van der Waals surface area contributed by atoms with Crippen molar-refractivity contribution in [1.29, 1.82) is 0 Å². The molecule has 3 N–H and O–H groups in total. The molecule has 0 saturated heterocycles. The summed E-state index contributed by atoms with van der Waals surface area (Å²) in [5.41, 5.74) is 6.18. The number of carboxylic acid groups (broad SMARTS) is 1. The number of anilines is 1. The Bertz CT molecular complexity index is 515. The van der Waals surface area contributed by atoms with Crippen LogP contribution in [0.5, 0.6) is 0 Å². The Labute approximate surface area is 89.2 Å². The van der Waals surface area contributed by atoms with Gasteiger partial charge in [0.05, 0.1) is 11.1 Å². The second-order valence-electron chi connectivity index (χ2n) is 2.93. The Kier molecular flexibility index (Phi) is 2.20. The molecule has 0 aliphatic rings. The van der Waals surface area contributed by atoms with Crippen molar-refractivity contribution in [3.8, 4) is 10.4 Å². The molecule has 0 bridgehead atoms. The smallest absolute Gasteiger partial charge is 0.356 e. The summed E-state index contributed by atoms with van der Waals surface area (Å²) in [6.45, 7) is 1.76. The summed E-state index contributed by atoms with van der Waals surface area (Å²) in [4.78, 5) is 15.2. The van der Waals surface area contributed by atoms with Crippen molar-refractivity contribution in [1.82, 2.24) is 4.98 Å². The van der Waals surface area contributed by atoms with Gasteiger partial charge in [0.15, 0.2) is 10.8 Å². The number of nitrogen functional groups attached to an aromatic ring is 1. The molecule has 0 radical (unpaired) electrons. The van der Waals surface area contributed by atoms with Gasteiger partial charge < -0.3 is 15.3 Å². The maximum absolute atomic E-state index is 10.9. The van der Waals surface area contributed by atoms with Crippen molar-refractivity contribution in [2.75, 3.05) is 5.73 Å². The van der Waals surface area contributed by atoms with Crippen LogP contribution in [0.25, 0.3) is 10.4 Å². The molecule has 2 aromatic heterocycles. The number of carbonyl (C=O) groups is 1. The zero-order chi connectivity index (χ0) is 11.0. The lowest BCUT2D eigenvalue weighted by molar-refractivity contribution is 0.0692. The van der Waals surface area contributed by atoms with E-state index in [9.17, 15) is 4.79 Å². The molecular weight excluding hydrogens is 216 g/mol. The first-order valence-corrected chi connectivity index (χ1v) is 4.95. The SMILES string of the molecule is Cc1occc1-c1sc(N)nc1C(=O)O. The lowest BCUT2D eigenvalue weighted by Crippen LogP contribution is -1.99. The Morgan fingerprint density at radius 2 is 2.40 bits per heavy atom. The number of rotatable bonds is 2. The van der Waals surface area contributed by atoms with E-state index in [1.807, 2.05) is 0 Å². The van der Waals surface area contributed by atoms with Gasteiger partial charge in [-0.2, -0.15) is 0 Å². The molecule has 2 aromatic rings. The molecule has 6 heteroatoms.